The molecule has 2 bridgehead atoms. The zero-order chi connectivity index (χ0) is 14.4. The molecule has 0 aromatic heterocycles. The molecule has 110 valence electrons. The number of carbonyl (C=O) groups excluding carboxylic acids is 1. The Morgan fingerprint density at radius 2 is 2.05 bits per heavy atom. The van der Waals surface area contributed by atoms with Crippen molar-refractivity contribution in [1.82, 2.24) is 5.32 Å². The molecule has 4 aliphatic carbocycles. The smallest absolute Gasteiger partial charge is 0.252 e. The second-order valence-corrected chi connectivity index (χ2v) is 7.03. The summed E-state index contributed by atoms with van der Waals surface area (Å²) < 4.78 is 0. The molecule has 4 fully saturated rings. The summed E-state index contributed by atoms with van der Waals surface area (Å²) in [6.07, 6.45) is 10.4. The highest BCUT2D eigenvalue weighted by atomic mass is 16.1. The van der Waals surface area contributed by atoms with Crippen molar-refractivity contribution in [2.75, 3.05) is 0 Å². The van der Waals surface area contributed by atoms with E-state index in [-0.39, 0.29) is 5.91 Å². The van der Waals surface area contributed by atoms with Crippen LogP contribution in [0.15, 0.2) is 24.3 Å². The molecule has 2 nitrogen and oxygen atoms in total. The molecular weight excluding hydrogens is 258 g/mol. The lowest BCUT2D eigenvalue weighted by atomic mass is 9.84. The Bertz CT molecular complexity index is 594. The summed E-state index contributed by atoms with van der Waals surface area (Å²) >= 11 is 0. The largest absolute Gasteiger partial charge is 0.349 e. The Kier molecular flexibility index (Phi) is 3.13. The van der Waals surface area contributed by atoms with Crippen molar-refractivity contribution in [3.05, 3.63) is 41.0 Å². The summed E-state index contributed by atoms with van der Waals surface area (Å²) in [5.41, 5.74) is 3.25. The Labute approximate surface area is 126 Å². The molecule has 0 spiro atoms. The minimum Gasteiger partial charge on any atom is -0.349 e. The molecule has 21 heavy (non-hydrogen) atoms. The second-order valence-electron chi connectivity index (χ2n) is 7.03. The van der Waals surface area contributed by atoms with Crippen molar-refractivity contribution in [2.24, 2.45) is 11.8 Å². The molecule has 5 rings (SSSR count). The number of hydrogen-bond donors (Lipinski definition) is 1. The standard InChI is InChI=1S/C19H23NO/c1-2-3-14-6-7-15(13-4-5-13)11-17(14)19(21)20-18-10-12-8-16(18)9-12/h2-3,6-7,11-13,16,18H,4-5,8-10H2,1H3,(H,20,21)/b3-2+. The lowest BCUT2D eigenvalue weighted by molar-refractivity contribution is 0.0928. The average Bonchev–Trinajstić information content (AvgIpc) is 3.12. The number of amides is 1. The van der Waals surface area contributed by atoms with Crippen molar-refractivity contribution in [2.45, 2.75) is 51.0 Å². The molecule has 2 heteroatoms. The molecule has 1 N–H and O–H groups in total. The summed E-state index contributed by atoms with van der Waals surface area (Å²) in [6.45, 7) is 2.00. The fraction of sp³-hybridized carbons (Fsp3) is 0.526. The van der Waals surface area contributed by atoms with Crippen molar-refractivity contribution >= 4 is 12.0 Å². The number of hydrogen-bond acceptors (Lipinski definition) is 1. The topological polar surface area (TPSA) is 29.1 Å². The quantitative estimate of drug-likeness (QED) is 0.883. The SMILES string of the molecule is C/C=C/c1ccc(C2CC2)cc1C(=O)NC1CC2CC1C2. The van der Waals surface area contributed by atoms with E-state index in [9.17, 15) is 4.79 Å². The summed E-state index contributed by atoms with van der Waals surface area (Å²) in [7, 11) is 0. The van der Waals surface area contributed by atoms with E-state index in [1.54, 1.807) is 0 Å². The van der Waals surface area contributed by atoms with Crippen molar-refractivity contribution in [3.8, 4) is 0 Å². The molecule has 1 atom stereocenters. The van der Waals surface area contributed by atoms with Crippen LogP contribution in [0.1, 0.15) is 66.4 Å². The first-order valence-corrected chi connectivity index (χ1v) is 8.32. The van der Waals surface area contributed by atoms with E-state index in [1.807, 2.05) is 19.1 Å². The fourth-order valence-corrected chi connectivity index (χ4v) is 4.05. The van der Waals surface area contributed by atoms with Gasteiger partial charge in [-0.3, -0.25) is 4.79 Å². The van der Waals surface area contributed by atoms with Crippen molar-refractivity contribution < 1.29 is 4.79 Å². The molecule has 1 amide bonds. The Morgan fingerprint density at radius 3 is 2.67 bits per heavy atom. The van der Waals surface area contributed by atoms with Gasteiger partial charge >= 0.3 is 0 Å². The minimum absolute atomic E-state index is 0.128. The fourth-order valence-electron chi connectivity index (χ4n) is 4.05. The van der Waals surface area contributed by atoms with Gasteiger partial charge in [0.1, 0.15) is 0 Å². The molecular formula is C19H23NO. The van der Waals surface area contributed by atoms with E-state index >= 15 is 0 Å². The molecule has 1 unspecified atom stereocenters. The van der Waals surface area contributed by atoms with Gasteiger partial charge in [0.25, 0.3) is 5.91 Å². The zero-order valence-electron chi connectivity index (χ0n) is 12.6. The highest BCUT2D eigenvalue weighted by Crippen LogP contribution is 2.48. The van der Waals surface area contributed by atoms with Gasteiger partial charge in [-0.25, -0.2) is 0 Å². The number of allylic oxidation sites excluding steroid dienone is 1. The number of rotatable bonds is 4. The van der Waals surface area contributed by atoms with Gasteiger partial charge in [0.2, 0.25) is 0 Å². The van der Waals surface area contributed by atoms with E-state index in [2.05, 4.69) is 23.5 Å². The van der Waals surface area contributed by atoms with Crippen LogP contribution in [0.2, 0.25) is 0 Å². The highest BCUT2D eigenvalue weighted by Gasteiger charge is 2.44. The van der Waals surface area contributed by atoms with Gasteiger partial charge in [0.05, 0.1) is 0 Å². The van der Waals surface area contributed by atoms with Gasteiger partial charge in [-0.1, -0.05) is 24.3 Å². The molecule has 4 aliphatic rings. The number of nitrogens with one attached hydrogen (secondary N) is 1. The monoisotopic (exact) mass is 281 g/mol. The van der Waals surface area contributed by atoms with Crippen LogP contribution in [0, 0.1) is 11.8 Å². The average molecular weight is 281 g/mol. The van der Waals surface area contributed by atoms with E-state index in [1.165, 1.54) is 37.7 Å². The molecule has 0 saturated heterocycles. The molecule has 0 aliphatic heterocycles. The van der Waals surface area contributed by atoms with Gasteiger partial charge < -0.3 is 5.32 Å². The van der Waals surface area contributed by atoms with Crippen LogP contribution < -0.4 is 5.32 Å². The first kappa shape index (κ1) is 13.1. The summed E-state index contributed by atoms with van der Waals surface area (Å²) in [5.74, 6) is 2.45. The maximum Gasteiger partial charge on any atom is 0.252 e. The van der Waals surface area contributed by atoms with Crippen LogP contribution in [0.3, 0.4) is 0 Å². The molecule has 4 saturated carbocycles. The predicted molar refractivity (Wildman–Crippen MR) is 85.2 cm³/mol. The van der Waals surface area contributed by atoms with Crippen LogP contribution in [0.5, 0.6) is 0 Å². The number of fused-ring (bicyclic) bond motifs is 1. The highest BCUT2D eigenvalue weighted by molar-refractivity contribution is 5.98. The maximum absolute atomic E-state index is 12.7. The first-order valence-electron chi connectivity index (χ1n) is 8.32. The lowest BCUT2D eigenvalue weighted by Gasteiger charge is -2.25. The first-order chi connectivity index (χ1) is 10.2. The lowest BCUT2D eigenvalue weighted by Crippen LogP contribution is -2.36. The number of benzene rings is 1. The van der Waals surface area contributed by atoms with Crippen LogP contribution in [0.25, 0.3) is 6.08 Å². The van der Waals surface area contributed by atoms with E-state index < -0.39 is 0 Å². The van der Waals surface area contributed by atoms with Crippen LogP contribution in [0.4, 0.5) is 0 Å². The Balaban J connectivity index is 1.58. The third-order valence-corrected chi connectivity index (χ3v) is 5.46. The van der Waals surface area contributed by atoms with E-state index in [0.29, 0.717) is 12.0 Å². The Morgan fingerprint density at radius 1 is 1.24 bits per heavy atom. The Hall–Kier alpha value is -1.57. The van der Waals surface area contributed by atoms with Gasteiger partial charge in [-0.15, -0.1) is 0 Å². The van der Waals surface area contributed by atoms with E-state index in [0.717, 1.165) is 23.0 Å². The van der Waals surface area contributed by atoms with Crippen LogP contribution in [-0.4, -0.2) is 11.9 Å². The van der Waals surface area contributed by atoms with Gasteiger partial charge in [0, 0.05) is 11.6 Å². The van der Waals surface area contributed by atoms with Gasteiger partial charge in [-0.2, -0.15) is 0 Å². The zero-order valence-corrected chi connectivity index (χ0v) is 12.6. The summed E-state index contributed by atoms with van der Waals surface area (Å²) in [5, 5.41) is 3.30. The van der Waals surface area contributed by atoms with Gasteiger partial charge in [0.15, 0.2) is 0 Å². The third-order valence-electron chi connectivity index (χ3n) is 5.46. The number of carbonyl (C=O) groups is 1. The summed E-state index contributed by atoms with van der Waals surface area (Å²) in [6, 6.07) is 6.85. The maximum atomic E-state index is 12.7. The second kappa shape index (κ2) is 5.01. The third kappa shape index (κ3) is 2.41. The van der Waals surface area contributed by atoms with Gasteiger partial charge in [-0.05, 0) is 74.0 Å². The summed E-state index contributed by atoms with van der Waals surface area (Å²) in [4.78, 5) is 12.7. The molecule has 1 aromatic carbocycles. The normalized spacial score (nSPS) is 30.4. The van der Waals surface area contributed by atoms with E-state index in [4.69, 9.17) is 0 Å². The molecule has 0 radical (unpaired) electrons. The van der Waals surface area contributed by atoms with Crippen LogP contribution >= 0.6 is 0 Å². The minimum atomic E-state index is 0.128. The predicted octanol–water partition coefficient (Wildman–Crippen LogP) is 4.13. The molecule has 0 heterocycles. The van der Waals surface area contributed by atoms with Crippen LogP contribution in [-0.2, 0) is 0 Å². The van der Waals surface area contributed by atoms with Crippen molar-refractivity contribution in [1.29, 1.82) is 0 Å². The molecule has 1 aromatic rings. The van der Waals surface area contributed by atoms with Crippen molar-refractivity contribution in [3.63, 3.8) is 0 Å².